The Labute approximate surface area is 85.2 Å². The highest BCUT2D eigenvalue weighted by atomic mass is 35.5. The summed E-state index contributed by atoms with van der Waals surface area (Å²) in [6, 6.07) is 0. The molecule has 13 heavy (non-hydrogen) atoms. The Morgan fingerprint density at radius 2 is 2.08 bits per heavy atom. The number of halogens is 1. The molecule has 1 aliphatic heterocycles. The molecule has 0 aliphatic carbocycles. The van der Waals surface area contributed by atoms with Crippen molar-refractivity contribution in [1.29, 1.82) is 0 Å². The van der Waals surface area contributed by atoms with Gasteiger partial charge in [-0.15, -0.1) is 11.6 Å². The fraction of sp³-hybridized carbons (Fsp3) is 0.900. The van der Waals surface area contributed by atoms with E-state index >= 15 is 0 Å². The van der Waals surface area contributed by atoms with E-state index in [1.807, 2.05) is 4.90 Å². The Morgan fingerprint density at radius 3 is 2.46 bits per heavy atom. The first-order chi connectivity index (χ1) is 6.15. The SMILES string of the molecule is CCC1CCN(C(=O)C(C)Cl)CC1. The summed E-state index contributed by atoms with van der Waals surface area (Å²) < 4.78 is 0. The Balaban J connectivity index is 2.36. The number of carbonyl (C=O) groups excluding carboxylic acids is 1. The molecule has 0 bridgehead atoms. The van der Waals surface area contributed by atoms with Gasteiger partial charge in [0, 0.05) is 13.1 Å². The van der Waals surface area contributed by atoms with E-state index in [0.29, 0.717) is 0 Å². The average molecular weight is 204 g/mol. The van der Waals surface area contributed by atoms with Crippen LogP contribution in [0.4, 0.5) is 0 Å². The molecule has 76 valence electrons. The Hall–Kier alpha value is -0.240. The zero-order chi connectivity index (χ0) is 9.84. The van der Waals surface area contributed by atoms with E-state index in [9.17, 15) is 4.79 Å². The standard InChI is InChI=1S/C10H18ClNO/c1-3-9-4-6-12(7-5-9)10(13)8(2)11/h8-9H,3-7H2,1-2H3. The summed E-state index contributed by atoms with van der Waals surface area (Å²) in [5.74, 6) is 0.908. The van der Waals surface area contributed by atoms with Crippen LogP contribution < -0.4 is 0 Å². The highest BCUT2D eigenvalue weighted by Crippen LogP contribution is 2.20. The molecule has 1 amide bonds. The van der Waals surface area contributed by atoms with Crippen LogP contribution in [0.1, 0.15) is 33.1 Å². The van der Waals surface area contributed by atoms with Crippen LogP contribution in [0.5, 0.6) is 0 Å². The predicted octanol–water partition coefficient (Wildman–Crippen LogP) is 2.26. The number of hydrogen-bond acceptors (Lipinski definition) is 1. The maximum atomic E-state index is 11.5. The molecule has 0 spiro atoms. The quantitative estimate of drug-likeness (QED) is 0.631. The van der Waals surface area contributed by atoms with Gasteiger partial charge in [-0.05, 0) is 25.7 Å². The highest BCUT2D eigenvalue weighted by molar-refractivity contribution is 6.30. The van der Waals surface area contributed by atoms with E-state index in [2.05, 4.69) is 6.92 Å². The van der Waals surface area contributed by atoms with Crippen molar-refractivity contribution in [3.05, 3.63) is 0 Å². The van der Waals surface area contributed by atoms with Crippen LogP contribution >= 0.6 is 11.6 Å². The summed E-state index contributed by atoms with van der Waals surface area (Å²) in [6.45, 7) is 5.75. The minimum atomic E-state index is -0.363. The number of amides is 1. The molecule has 1 heterocycles. The van der Waals surface area contributed by atoms with Crippen molar-refractivity contribution in [3.8, 4) is 0 Å². The average Bonchev–Trinajstić information content (AvgIpc) is 2.17. The van der Waals surface area contributed by atoms with Crippen LogP contribution in [0.3, 0.4) is 0 Å². The van der Waals surface area contributed by atoms with E-state index in [1.54, 1.807) is 6.92 Å². The van der Waals surface area contributed by atoms with E-state index < -0.39 is 0 Å². The number of rotatable bonds is 2. The van der Waals surface area contributed by atoms with Gasteiger partial charge < -0.3 is 4.90 Å². The van der Waals surface area contributed by atoms with Crippen molar-refractivity contribution in [2.24, 2.45) is 5.92 Å². The number of likely N-dealkylation sites (tertiary alicyclic amines) is 1. The van der Waals surface area contributed by atoms with Crippen LogP contribution in [0.25, 0.3) is 0 Å². The number of hydrogen-bond donors (Lipinski definition) is 0. The summed E-state index contributed by atoms with van der Waals surface area (Å²) in [5, 5.41) is -0.363. The van der Waals surface area contributed by atoms with Crippen molar-refractivity contribution in [2.45, 2.75) is 38.5 Å². The minimum Gasteiger partial charge on any atom is -0.341 e. The molecule has 1 unspecified atom stereocenters. The minimum absolute atomic E-state index is 0.0937. The van der Waals surface area contributed by atoms with Crippen LogP contribution in [0.15, 0.2) is 0 Å². The molecule has 0 aromatic heterocycles. The van der Waals surface area contributed by atoms with Crippen molar-refractivity contribution >= 4 is 17.5 Å². The van der Waals surface area contributed by atoms with Crippen molar-refractivity contribution in [1.82, 2.24) is 4.90 Å². The molecule has 0 aromatic rings. The second kappa shape index (κ2) is 4.85. The third-order valence-corrected chi connectivity index (χ3v) is 3.03. The van der Waals surface area contributed by atoms with Crippen LogP contribution in [0, 0.1) is 5.92 Å². The first-order valence-electron chi connectivity index (χ1n) is 5.08. The molecule has 1 aliphatic rings. The van der Waals surface area contributed by atoms with E-state index in [0.717, 1.165) is 31.8 Å². The normalized spacial score (nSPS) is 21.6. The second-order valence-corrected chi connectivity index (χ2v) is 4.45. The molecule has 1 rings (SSSR count). The Bertz CT molecular complexity index is 174. The molecule has 0 radical (unpaired) electrons. The molecular formula is C10H18ClNO. The van der Waals surface area contributed by atoms with Crippen molar-refractivity contribution < 1.29 is 4.79 Å². The maximum Gasteiger partial charge on any atom is 0.240 e. The van der Waals surface area contributed by atoms with Gasteiger partial charge in [0.25, 0.3) is 0 Å². The van der Waals surface area contributed by atoms with Gasteiger partial charge in [-0.25, -0.2) is 0 Å². The number of carbonyl (C=O) groups is 1. The molecular weight excluding hydrogens is 186 g/mol. The van der Waals surface area contributed by atoms with Gasteiger partial charge in [0.2, 0.25) is 5.91 Å². The smallest absolute Gasteiger partial charge is 0.240 e. The van der Waals surface area contributed by atoms with Crippen molar-refractivity contribution in [2.75, 3.05) is 13.1 Å². The van der Waals surface area contributed by atoms with Gasteiger partial charge in [0.1, 0.15) is 5.38 Å². The molecule has 1 saturated heterocycles. The fourth-order valence-electron chi connectivity index (χ4n) is 1.81. The molecule has 0 aromatic carbocycles. The monoisotopic (exact) mass is 203 g/mol. The van der Waals surface area contributed by atoms with Crippen molar-refractivity contribution in [3.63, 3.8) is 0 Å². The third-order valence-electron chi connectivity index (χ3n) is 2.84. The maximum absolute atomic E-state index is 11.5. The lowest BCUT2D eigenvalue weighted by Gasteiger charge is -2.32. The van der Waals surface area contributed by atoms with Gasteiger partial charge in [-0.3, -0.25) is 4.79 Å². The zero-order valence-electron chi connectivity index (χ0n) is 8.42. The van der Waals surface area contributed by atoms with E-state index in [-0.39, 0.29) is 11.3 Å². The third kappa shape index (κ3) is 2.87. The summed E-state index contributed by atoms with van der Waals surface area (Å²) >= 11 is 5.74. The molecule has 3 heteroatoms. The molecule has 1 atom stereocenters. The van der Waals surface area contributed by atoms with Gasteiger partial charge in [-0.2, -0.15) is 0 Å². The summed E-state index contributed by atoms with van der Waals surface area (Å²) in [6.07, 6.45) is 3.52. The zero-order valence-corrected chi connectivity index (χ0v) is 9.18. The van der Waals surface area contributed by atoms with Gasteiger partial charge >= 0.3 is 0 Å². The van der Waals surface area contributed by atoms with Crippen LogP contribution in [0.2, 0.25) is 0 Å². The largest absolute Gasteiger partial charge is 0.341 e. The number of piperidine rings is 1. The summed E-state index contributed by atoms with van der Waals surface area (Å²) in [7, 11) is 0. The molecule has 0 saturated carbocycles. The summed E-state index contributed by atoms with van der Waals surface area (Å²) in [5.41, 5.74) is 0. The topological polar surface area (TPSA) is 20.3 Å². The first-order valence-corrected chi connectivity index (χ1v) is 5.51. The van der Waals surface area contributed by atoms with Gasteiger partial charge in [0.15, 0.2) is 0 Å². The summed E-state index contributed by atoms with van der Waals surface area (Å²) in [4.78, 5) is 13.4. The Kier molecular flexibility index (Phi) is 4.04. The fourth-order valence-corrected chi connectivity index (χ4v) is 1.95. The molecule has 1 fully saturated rings. The lowest BCUT2D eigenvalue weighted by Crippen LogP contribution is -2.41. The highest BCUT2D eigenvalue weighted by Gasteiger charge is 2.23. The van der Waals surface area contributed by atoms with E-state index in [4.69, 9.17) is 11.6 Å². The second-order valence-electron chi connectivity index (χ2n) is 3.79. The van der Waals surface area contributed by atoms with Gasteiger partial charge in [0.05, 0.1) is 0 Å². The number of alkyl halides is 1. The lowest BCUT2D eigenvalue weighted by molar-refractivity contribution is -0.131. The first kappa shape index (κ1) is 10.8. The Morgan fingerprint density at radius 1 is 1.54 bits per heavy atom. The van der Waals surface area contributed by atoms with Crippen LogP contribution in [-0.4, -0.2) is 29.3 Å². The van der Waals surface area contributed by atoms with E-state index in [1.165, 1.54) is 6.42 Å². The lowest BCUT2D eigenvalue weighted by atomic mass is 9.94. The molecule has 0 N–H and O–H groups in total. The number of nitrogens with zero attached hydrogens (tertiary/aromatic N) is 1. The predicted molar refractivity (Wildman–Crippen MR) is 54.9 cm³/mol. The molecule has 2 nitrogen and oxygen atoms in total. The van der Waals surface area contributed by atoms with Gasteiger partial charge in [-0.1, -0.05) is 13.3 Å². The van der Waals surface area contributed by atoms with Crippen LogP contribution in [-0.2, 0) is 4.79 Å².